The van der Waals surface area contributed by atoms with Crippen molar-refractivity contribution in [1.82, 2.24) is 5.01 Å². The van der Waals surface area contributed by atoms with Gasteiger partial charge in [0.25, 0.3) is 0 Å². The van der Waals surface area contributed by atoms with E-state index in [1.165, 1.54) is 0 Å². The highest BCUT2D eigenvalue weighted by atomic mass is 32.1. The molecule has 24 heavy (non-hydrogen) atoms. The molecule has 3 heterocycles. The van der Waals surface area contributed by atoms with Gasteiger partial charge in [0.1, 0.15) is 0 Å². The van der Waals surface area contributed by atoms with E-state index >= 15 is 0 Å². The van der Waals surface area contributed by atoms with Gasteiger partial charge in [-0.05, 0) is 35.0 Å². The van der Waals surface area contributed by atoms with Gasteiger partial charge < -0.3 is 5.32 Å². The molecule has 6 heteroatoms. The van der Waals surface area contributed by atoms with Gasteiger partial charge >= 0.3 is 6.03 Å². The molecule has 1 aromatic carbocycles. The van der Waals surface area contributed by atoms with Crippen LogP contribution in [-0.4, -0.2) is 16.8 Å². The van der Waals surface area contributed by atoms with Crippen molar-refractivity contribution in [1.29, 1.82) is 0 Å². The van der Waals surface area contributed by atoms with Gasteiger partial charge in [-0.25, -0.2) is 9.80 Å². The van der Waals surface area contributed by atoms with E-state index in [4.69, 9.17) is 0 Å². The second-order valence-electron chi connectivity index (χ2n) is 5.40. The Morgan fingerprint density at radius 2 is 1.83 bits per heavy atom. The van der Waals surface area contributed by atoms with Crippen LogP contribution in [0.3, 0.4) is 0 Å². The first kappa shape index (κ1) is 15.1. The normalized spacial score (nSPS) is 16.9. The highest BCUT2D eigenvalue weighted by Gasteiger charge is 2.34. The second-order valence-corrected chi connectivity index (χ2v) is 7.33. The molecule has 2 aromatic heterocycles. The van der Waals surface area contributed by atoms with Crippen molar-refractivity contribution < 1.29 is 4.79 Å². The lowest BCUT2D eigenvalue weighted by Gasteiger charge is -2.21. The maximum absolute atomic E-state index is 12.8. The van der Waals surface area contributed by atoms with Crippen molar-refractivity contribution in [2.75, 3.05) is 5.32 Å². The molecule has 4 rings (SSSR count). The van der Waals surface area contributed by atoms with E-state index in [2.05, 4.69) is 16.5 Å². The van der Waals surface area contributed by atoms with Crippen molar-refractivity contribution in [2.45, 2.75) is 12.5 Å². The number of carbonyl (C=O) groups excluding carboxylic acids is 1. The van der Waals surface area contributed by atoms with Crippen LogP contribution in [0.5, 0.6) is 0 Å². The van der Waals surface area contributed by atoms with Crippen LogP contribution in [0.4, 0.5) is 10.5 Å². The minimum absolute atomic E-state index is 0.0502. The number of thiophene rings is 2. The number of nitrogens with zero attached hydrogens (tertiary/aromatic N) is 2. The van der Waals surface area contributed by atoms with E-state index in [9.17, 15) is 4.79 Å². The Kier molecular flexibility index (Phi) is 4.15. The SMILES string of the molecule is O=C(Nc1ccccc1)N1N=C(c2cccs2)C[C@H]1c1cccs1. The molecule has 0 radical (unpaired) electrons. The van der Waals surface area contributed by atoms with Gasteiger partial charge in [-0.2, -0.15) is 5.10 Å². The molecule has 1 atom stereocenters. The molecular formula is C18H15N3OS2. The minimum atomic E-state index is -0.203. The van der Waals surface area contributed by atoms with Crippen molar-refractivity contribution in [3.63, 3.8) is 0 Å². The monoisotopic (exact) mass is 353 g/mol. The largest absolute Gasteiger partial charge is 0.342 e. The highest BCUT2D eigenvalue weighted by Crippen LogP contribution is 2.36. The van der Waals surface area contributed by atoms with Crippen molar-refractivity contribution in [2.24, 2.45) is 5.10 Å². The zero-order valence-electron chi connectivity index (χ0n) is 12.8. The van der Waals surface area contributed by atoms with E-state index in [0.717, 1.165) is 27.6 Å². The summed E-state index contributed by atoms with van der Waals surface area (Å²) in [5, 5.41) is 13.2. The molecule has 0 aliphatic carbocycles. The molecule has 0 unspecified atom stereocenters. The van der Waals surface area contributed by atoms with Crippen molar-refractivity contribution >= 4 is 40.1 Å². The molecule has 0 spiro atoms. The molecule has 2 amide bonds. The first-order valence-electron chi connectivity index (χ1n) is 7.61. The zero-order valence-corrected chi connectivity index (χ0v) is 14.4. The number of nitrogens with one attached hydrogen (secondary N) is 1. The summed E-state index contributed by atoms with van der Waals surface area (Å²) in [6.45, 7) is 0. The standard InChI is InChI=1S/C18H15N3OS2/c22-18(19-13-6-2-1-3-7-13)21-15(17-9-5-11-24-17)12-14(20-21)16-8-4-10-23-16/h1-11,15H,12H2,(H,19,22)/t15-/m0/s1. The van der Waals surface area contributed by atoms with Crippen LogP contribution < -0.4 is 5.32 Å². The number of hydrogen-bond donors (Lipinski definition) is 1. The molecule has 0 bridgehead atoms. The molecule has 0 fully saturated rings. The summed E-state index contributed by atoms with van der Waals surface area (Å²) in [7, 11) is 0. The Balaban J connectivity index is 1.62. The number of para-hydroxylation sites is 1. The Hall–Kier alpha value is -2.44. The topological polar surface area (TPSA) is 44.7 Å². The fourth-order valence-corrected chi connectivity index (χ4v) is 4.23. The Morgan fingerprint density at radius 1 is 1.04 bits per heavy atom. The molecule has 4 nitrogen and oxygen atoms in total. The van der Waals surface area contributed by atoms with Gasteiger partial charge in [0.05, 0.1) is 16.6 Å². The third-order valence-electron chi connectivity index (χ3n) is 3.82. The number of urea groups is 1. The number of carbonyl (C=O) groups is 1. The molecule has 0 saturated carbocycles. The lowest BCUT2D eigenvalue weighted by atomic mass is 10.1. The first-order chi connectivity index (χ1) is 11.8. The first-order valence-corrected chi connectivity index (χ1v) is 9.37. The Labute approximate surface area is 148 Å². The number of benzene rings is 1. The average Bonchev–Trinajstić information content (AvgIpc) is 3.35. The predicted molar refractivity (Wildman–Crippen MR) is 99.8 cm³/mol. The fraction of sp³-hybridized carbons (Fsp3) is 0.111. The molecule has 1 N–H and O–H groups in total. The number of hydrazone groups is 1. The van der Waals surface area contributed by atoms with Gasteiger partial charge in [-0.1, -0.05) is 30.3 Å². The summed E-state index contributed by atoms with van der Waals surface area (Å²) in [5.41, 5.74) is 1.74. The summed E-state index contributed by atoms with van der Waals surface area (Å²) in [6.07, 6.45) is 0.739. The van der Waals surface area contributed by atoms with Crippen molar-refractivity contribution in [3.8, 4) is 0 Å². The quantitative estimate of drug-likeness (QED) is 0.692. The third-order valence-corrected chi connectivity index (χ3v) is 5.71. The maximum Gasteiger partial charge on any atom is 0.342 e. The van der Waals surface area contributed by atoms with Crippen molar-refractivity contribution in [3.05, 3.63) is 75.1 Å². The Bertz CT molecular complexity index is 842. The number of hydrogen-bond acceptors (Lipinski definition) is 4. The van der Waals surface area contributed by atoms with Gasteiger partial charge in [0.15, 0.2) is 0 Å². The fourth-order valence-electron chi connectivity index (χ4n) is 2.69. The van der Waals surface area contributed by atoms with Crippen LogP contribution in [0.2, 0.25) is 0 Å². The third kappa shape index (κ3) is 2.98. The van der Waals surface area contributed by atoms with Crippen LogP contribution in [0.25, 0.3) is 0 Å². The number of rotatable bonds is 3. The number of amides is 2. The molecule has 0 saturated heterocycles. The van der Waals surface area contributed by atoms with Crippen LogP contribution in [-0.2, 0) is 0 Å². The summed E-state index contributed by atoms with van der Waals surface area (Å²) < 4.78 is 0. The minimum Gasteiger partial charge on any atom is -0.306 e. The van der Waals surface area contributed by atoms with Gasteiger partial charge in [0.2, 0.25) is 0 Å². The summed E-state index contributed by atoms with van der Waals surface area (Å²) in [4.78, 5) is 15.0. The van der Waals surface area contributed by atoms with Gasteiger partial charge in [0, 0.05) is 17.0 Å². The predicted octanol–water partition coefficient (Wildman–Crippen LogP) is 5.19. The second kappa shape index (κ2) is 6.59. The lowest BCUT2D eigenvalue weighted by Crippen LogP contribution is -2.31. The van der Waals surface area contributed by atoms with Gasteiger partial charge in [-0.3, -0.25) is 0 Å². The van der Waals surface area contributed by atoms with E-state index < -0.39 is 0 Å². The molecule has 3 aromatic rings. The Morgan fingerprint density at radius 3 is 2.54 bits per heavy atom. The zero-order chi connectivity index (χ0) is 16.4. The lowest BCUT2D eigenvalue weighted by molar-refractivity contribution is 0.201. The van der Waals surface area contributed by atoms with E-state index in [1.807, 2.05) is 59.3 Å². The van der Waals surface area contributed by atoms with Crippen LogP contribution in [0.1, 0.15) is 22.2 Å². The highest BCUT2D eigenvalue weighted by molar-refractivity contribution is 7.12. The van der Waals surface area contributed by atoms with E-state index in [0.29, 0.717) is 0 Å². The molecule has 1 aliphatic heterocycles. The van der Waals surface area contributed by atoms with Crippen LogP contribution >= 0.6 is 22.7 Å². The van der Waals surface area contributed by atoms with E-state index in [-0.39, 0.29) is 12.1 Å². The summed E-state index contributed by atoms with van der Waals surface area (Å²) in [6, 6.07) is 17.3. The molecule has 120 valence electrons. The summed E-state index contributed by atoms with van der Waals surface area (Å²) >= 11 is 3.31. The average molecular weight is 353 g/mol. The molecule has 1 aliphatic rings. The van der Waals surface area contributed by atoms with E-state index in [1.54, 1.807) is 27.7 Å². The van der Waals surface area contributed by atoms with Gasteiger partial charge in [-0.15, -0.1) is 22.7 Å². The smallest absolute Gasteiger partial charge is 0.306 e. The molecular weight excluding hydrogens is 338 g/mol. The number of anilines is 1. The maximum atomic E-state index is 12.8. The summed E-state index contributed by atoms with van der Waals surface area (Å²) in [5.74, 6) is 0. The van der Waals surface area contributed by atoms with Crippen LogP contribution in [0.15, 0.2) is 70.5 Å². The van der Waals surface area contributed by atoms with Crippen LogP contribution in [0, 0.1) is 0 Å².